The Morgan fingerprint density at radius 2 is 0.582 bits per heavy atom. The highest BCUT2D eigenvalue weighted by molar-refractivity contribution is 4.99. The molecule has 6 saturated heterocycles. The smallest absolute Gasteiger partial charge is 0.187 e. The van der Waals surface area contributed by atoms with Gasteiger partial charge in [-0.1, -0.05) is 0 Å². The van der Waals surface area contributed by atoms with Gasteiger partial charge in [-0.05, 0) is 0 Å². The van der Waals surface area contributed by atoms with E-state index >= 15 is 0 Å². The lowest BCUT2D eigenvalue weighted by Crippen LogP contribution is -2.67. The SMILES string of the molecule is OC[C@H]1O[C@H](O[C@@H]2[C@@H](OC[C@H]3O[C@H](OC[C@H]4O[C@H](O)[C@@H](O)[C@@H](O)[C@@H]4O)[C@@H](O)[C@@H](O[C@H]4O[C@H](CO)[C@@H](O)[C@H](O)[C@@H]4O[C@H]4O[C@H](CO)[C@@H](O)[C@H](O)[C@@H]4O)[C@@H]3O)O[C@H](CO)[C@@H](O)[C@@H]2O)[C@@H](O)[C@@H](O)[C@@H]1O. The maximum Gasteiger partial charge on any atom is 0.187 e. The average Bonchev–Trinajstić information content (AvgIpc) is 3.31. The van der Waals surface area contributed by atoms with Gasteiger partial charge in [0.2, 0.25) is 0 Å². The Morgan fingerprint density at radius 3 is 1.04 bits per heavy atom. The van der Waals surface area contributed by atoms with Crippen LogP contribution in [0.25, 0.3) is 0 Å². The summed E-state index contributed by atoms with van der Waals surface area (Å²) < 4.78 is 61.6. The van der Waals surface area contributed by atoms with Crippen molar-refractivity contribution < 1.29 is 154 Å². The summed E-state index contributed by atoms with van der Waals surface area (Å²) >= 11 is 0. The Kier molecular flexibility index (Phi) is 19.4. The molecule has 0 unspecified atom stereocenters. The Balaban J connectivity index is 1.27. The van der Waals surface area contributed by atoms with E-state index in [1.165, 1.54) is 0 Å². The molecule has 0 bridgehead atoms. The van der Waals surface area contributed by atoms with Crippen molar-refractivity contribution in [2.75, 3.05) is 39.6 Å². The van der Waals surface area contributed by atoms with Gasteiger partial charge in [-0.3, -0.25) is 0 Å². The molecule has 0 saturated carbocycles. The van der Waals surface area contributed by atoms with Crippen LogP contribution in [0.15, 0.2) is 0 Å². The van der Waals surface area contributed by atoms with Gasteiger partial charge < -0.3 is 154 Å². The number of rotatable bonds is 16. The van der Waals surface area contributed by atoms with Crippen LogP contribution in [0, 0.1) is 0 Å². The normalized spacial score (nSPS) is 53.4. The molecule has 0 spiro atoms. The van der Waals surface area contributed by atoms with Gasteiger partial charge in [0.05, 0.1) is 39.6 Å². The van der Waals surface area contributed by atoms with E-state index in [1.54, 1.807) is 0 Å². The first-order valence-electron chi connectivity index (χ1n) is 21.1. The number of aliphatic hydroxyl groups is 20. The highest BCUT2D eigenvalue weighted by atomic mass is 16.8. The average molecular weight is 991 g/mol. The van der Waals surface area contributed by atoms with Gasteiger partial charge in [-0.15, -0.1) is 0 Å². The first kappa shape index (κ1) is 55.1. The van der Waals surface area contributed by atoms with E-state index < -0.39 is 224 Å². The van der Waals surface area contributed by atoms with Gasteiger partial charge in [-0.25, -0.2) is 0 Å². The summed E-state index contributed by atoms with van der Waals surface area (Å²) in [5.41, 5.74) is 0. The van der Waals surface area contributed by atoms with Gasteiger partial charge in [0.25, 0.3) is 0 Å². The first-order chi connectivity index (χ1) is 31.7. The lowest BCUT2D eigenvalue weighted by Gasteiger charge is -2.49. The molecule has 6 aliphatic heterocycles. The molecule has 0 aromatic rings. The molecule has 0 aromatic carbocycles. The minimum Gasteiger partial charge on any atom is -0.394 e. The molecule has 67 heavy (non-hydrogen) atoms. The van der Waals surface area contributed by atoms with E-state index in [4.69, 9.17) is 52.1 Å². The molecule has 20 N–H and O–H groups in total. The first-order valence-corrected chi connectivity index (χ1v) is 21.1. The minimum absolute atomic E-state index is 0.858. The fourth-order valence-corrected chi connectivity index (χ4v) is 8.26. The Bertz CT molecular complexity index is 1510. The van der Waals surface area contributed by atoms with Crippen LogP contribution in [0.4, 0.5) is 0 Å². The molecule has 0 amide bonds. The highest BCUT2D eigenvalue weighted by Crippen LogP contribution is 2.35. The number of aliphatic hydroxyl groups excluding tert-OH is 20. The van der Waals surface area contributed by atoms with Crippen molar-refractivity contribution in [2.24, 2.45) is 0 Å². The second kappa shape index (κ2) is 23.5. The van der Waals surface area contributed by atoms with Crippen LogP contribution in [0.2, 0.25) is 0 Å². The standard InChI is InChI=1S/C36H62O31/c37-1-7-13(41)20(48)25(53)33(60-7)66-29-22(50)15(43)9(3-39)62-35(29)58-6-12-18(46)28(27(55)32(64-12)57-5-11-17(45)19(47)24(52)31(56)59-11)65-36-30(23(51)16(44)10(4-40)63-36)67-34-26(54)21(49)14(42)8(2-38)61-34/h7-56H,1-6H2/t7-,8-,9-,10-,11-,12-,13-,14-,15-,16-,17-,18-,19+,20+,21+,22+,23+,24+,25+,26+,27+,28+,29+,30+,31+,32+,33-,34-,35+,36-/m1/s1. The van der Waals surface area contributed by atoms with Gasteiger partial charge in [0, 0.05) is 0 Å². The minimum atomic E-state index is -2.20. The lowest BCUT2D eigenvalue weighted by atomic mass is 9.96. The molecule has 6 aliphatic rings. The van der Waals surface area contributed by atoms with Crippen molar-refractivity contribution >= 4 is 0 Å². The van der Waals surface area contributed by atoms with Crippen LogP contribution in [0.3, 0.4) is 0 Å². The zero-order valence-electron chi connectivity index (χ0n) is 35.0. The summed E-state index contributed by atoms with van der Waals surface area (Å²) in [6.45, 7) is -5.54. The number of hydrogen-bond acceptors (Lipinski definition) is 31. The van der Waals surface area contributed by atoms with Gasteiger partial charge in [-0.2, -0.15) is 0 Å². The zero-order valence-corrected chi connectivity index (χ0v) is 35.0. The maximum atomic E-state index is 11.8. The van der Waals surface area contributed by atoms with Gasteiger partial charge in [0.1, 0.15) is 146 Å². The monoisotopic (exact) mass is 990 g/mol. The lowest BCUT2D eigenvalue weighted by molar-refractivity contribution is -0.394. The molecule has 30 atom stereocenters. The van der Waals surface area contributed by atoms with Crippen molar-refractivity contribution in [3.8, 4) is 0 Å². The van der Waals surface area contributed by atoms with E-state index in [0.29, 0.717) is 0 Å². The van der Waals surface area contributed by atoms with Crippen molar-refractivity contribution in [1.82, 2.24) is 0 Å². The van der Waals surface area contributed by atoms with Crippen molar-refractivity contribution in [2.45, 2.75) is 184 Å². The van der Waals surface area contributed by atoms with Crippen LogP contribution < -0.4 is 0 Å². The summed E-state index contributed by atoms with van der Waals surface area (Å²) in [4.78, 5) is 0. The second-order valence-electron chi connectivity index (χ2n) is 16.8. The number of ether oxygens (including phenoxy) is 11. The summed E-state index contributed by atoms with van der Waals surface area (Å²) in [5.74, 6) is 0. The largest absolute Gasteiger partial charge is 0.394 e. The highest BCUT2D eigenvalue weighted by Gasteiger charge is 2.56. The molecule has 6 rings (SSSR count). The molecule has 6 fully saturated rings. The van der Waals surface area contributed by atoms with Crippen molar-refractivity contribution in [3.05, 3.63) is 0 Å². The Labute approximate surface area is 378 Å². The van der Waals surface area contributed by atoms with Gasteiger partial charge >= 0.3 is 0 Å². The molecule has 392 valence electrons. The Morgan fingerprint density at radius 1 is 0.254 bits per heavy atom. The zero-order chi connectivity index (χ0) is 49.3. The van der Waals surface area contributed by atoms with E-state index in [1.807, 2.05) is 0 Å². The van der Waals surface area contributed by atoms with Crippen molar-refractivity contribution in [1.29, 1.82) is 0 Å². The third kappa shape index (κ3) is 11.5. The molecular weight excluding hydrogens is 928 g/mol. The van der Waals surface area contributed by atoms with Crippen LogP contribution >= 0.6 is 0 Å². The predicted molar refractivity (Wildman–Crippen MR) is 199 cm³/mol. The molecule has 31 heteroatoms. The fourth-order valence-electron chi connectivity index (χ4n) is 8.26. The quantitative estimate of drug-likeness (QED) is 0.0683. The van der Waals surface area contributed by atoms with Crippen LogP contribution in [-0.4, -0.2) is 326 Å². The summed E-state index contributed by atoms with van der Waals surface area (Å²) in [5, 5.41) is 210. The summed E-state index contributed by atoms with van der Waals surface area (Å²) in [6, 6.07) is 0. The Hall–Kier alpha value is -1.24. The third-order valence-corrected chi connectivity index (χ3v) is 12.4. The second-order valence-corrected chi connectivity index (χ2v) is 16.8. The molecule has 6 heterocycles. The molecule has 0 aromatic heterocycles. The van der Waals surface area contributed by atoms with Crippen LogP contribution in [-0.2, 0) is 52.1 Å². The third-order valence-electron chi connectivity index (χ3n) is 12.4. The molecule has 31 nitrogen and oxygen atoms in total. The van der Waals surface area contributed by atoms with Crippen LogP contribution in [0.1, 0.15) is 0 Å². The van der Waals surface area contributed by atoms with E-state index in [0.717, 1.165) is 0 Å². The summed E-state index contributed by atoms with van der Waals surface area (Å²) in [6.07, 6.45) is -58.0. The number of hydrogen-bond donors (Lipinski definition) is 20. The predicted octanol–water partition coefficient (Wildman–Crippen LogP) is -14.1. The molecule has 0 aliphatic carbocycles. The van der Waals surface area contributed by atoms with Crippen LogP contribution in [0.5, 0.6) is 0 Å². The van der Waals surface area contributed by atoms with Gasteiger partial charge in [0.15, 0.2) is 37.7 Å². The molecular formula is C36H62O31. The topological polar surface area (TPSA) is 506 Å². The fraction of sp³-hybridized carbons (Fsp3) is 1.00. The van der Waals surface area contributed by atoms with E-state index in [2.05, 4.69) is 0 Å². The molecule has 0 radical (unpaired) electrons. The van der Waals surface area contributed by atoms with E-state index in [9.17, 15) is 102 Å². The summed E-state index contributed by atoms with van der Waals surface area (Å²) in [7, 11) is 0. The van der Waals surface area contributed by atoms with Crippen molar-refractivity contribution in [3.63, 3.8) is 0 Å². The maximum absolute atomic E-state index is 11.8. The van der Waals surface area contributed by atoms with E-state index in [-0.39, 0.29) is 0 Å².